The van der Waals surface area contributed by atoms with Gasteiger partial charge in [-0.25, -0.2) is 0 Å². The van der Waals surface area contributed by atoms with Crippen LogP contribution >= 0.6 is 0 Å². The van der Waals surface area contributed by atoms with Gasteiger partial charge in [0.1, 0.15) is 10.5 Å². The maximum Gasteiger partial charge on any atom is 0.253 e. The van der Waals surface area contributed by atoms with E-state index in [1.165, 1.54) is 17.1 Å². The molecular weight excluding hydrogens is 328 g/mol. The smallest absolute Gasteiger partial charge is 0.253 e. The highest BCUT2D eigenvalue weighted by atomic mass is 28.4. The van der Waals surface area contributed by atoms with Gasteiger partial charge in [0.15, 0.2) is 8.32 Å². The summed E-state index contributed by atoms with van der Waals surface area (Å²) in [5.41, 5.74) is 0. The number of imide groups is 1. The molecule has 130 valence electrons. The zero-order valence-electron chi connectivity index (χ0n) is 14.4. The Bertz CT molecular complexity index is 448. The molecule has 0 aromatic heterocycles. The molecule has 1 aliphatic heterocycles. The Hall–Kier alpha value is -1.26. The standard InChI is InChI=1S/C15H28N2O4Si2/c1-23(2,21-22)12-6-10-16-13(18)7-4-3-5-11-17-14(19)8-9-15(17)20/h8-9H,3-7,10-12H2,1-2,22H3,(H,16,18). The fourth-order valence-electron chi connectivity index (χ4n) is 2.32. The van der Waals surface area contributed by atoms with Crippen LogP contribution in [0.4, 0.5) is 0 Å². The van der Waals surface area contributed by atoms with Gasteiger partial charge in [-0.3, -0.25) is 19.3 Å². The van der Waals surface area contributed by atoms with Gasteiger partial charge < -0.3 is 9.43 Å². The number of hydrogen-bond acceptors (Lipinski definition) is 4. The van der Waals surface area contributed by atoms with E-state index in [0.29, 0.717) is 19.5 Å². The first-order valence-electron chi connectivity index (χ1n) is 8.21. The van der Waals surface area contributed by atoms with Crippen LogP contribution in [0, 0.1) is 0 Å². The minimum absolute atomic E-state index is 0.0752. The van der Waals surface area contributed by atoms with E-state index >= 15 is 0 Å². The van der Waals surface area contributed by atoms with E-state index in [9.17, 15) is 14.4 Å². The summed E-state index contributed by atoms with van der Waals surface area (Å²) in [6, 6.07) is 1.07. The molecule has 0 saturated heterocycles. The zero-order chi connectivity index (χ0) is 17.3. The minimum atomic E-state index is -1.46. The number of carbonyl (C=O) groups is 3. The first-order valence-corrected chi connectivity index (χ1v) is 12.1. The summed E-state index contributed by atoms with van der Waals surface area (Å²) < 4.78 is 5.60. The van der Waals surface area contributed by atoms with Crippen molar-refractivity contribution in [2.45, 2.75) is 51.2 Å². The van der Waals surface area contributed by atoms with Crippen molar-refractivity contribution in [1.29, 1.82) is 0 Å². The van der Waals surface area contributed by atoms with Crippen molar-refractivity contribution >= 4 is 36.5 Å². The van der Waals surface area contributed by atoms with E-state index in [1.54, 1.807) is 0 Å². The van der Waals surface area contributed by atoms with E-state index in [2.05, 4.69) is 18.4 Å². The van der Waals surface area contributed by atoms with Crippen LogP contribution in [0.15, 0.2) is 12.2 Å². The van der Waals surface area contributed by atoms with Gasteiger partial charge in [0.05, 0.1) is 0 Å². The molecule has 1 rings (SSSR count). The van der Waals surface area contributed by atoms with Crippen LogP contribution in [0.3, 0.4) is 0 Å². The number of amides is 3. The summed E-state index contributed by atoms with van der Waals surface area (Å²) >= 11 is 0. The first-order chi connectivity index (χ1) is 10.9. The molecule has 0 fully saturated rings. The van der Waals surface area contributed by atoms with Crippen LogP contribution in [-0.2, 0) is 18.5 Å². The zero-order valence-corrected chi connectivity index (χ0v) is 17.4. The number of rotatable bonds is 11. The van der Waals surface area contributed by atoms with Crippen LogP contribution in [0.1, 0.15) is 32.1 Å². The van der Waals surface area contributed by atoms with Crippen molar-refractivity contribution in [3.63, 3.8) is 0 Å². The Morgan fingerprint density at radius 2 is 1.83 bits per heavy atom. The van der Waals surface area contributed by atoms with Crippen LogP contribution in [-0.4, -0.2) is 54.5 Å². The molecule has 0 spiro atoms. The summed E-state index contributed by atoms with van der Waals surface area (Å²) in [7, 11) is -0.675. The number of nitrogens with zero attached hydrogens (tertiary/aromatic N) is 1. The lowest BCUT2D eigenvalue weighted by atomic mass is 10.2. The second-order valence-corrected chi connectivity index (χ2v) is 12.0. The van der Waals surface area contributed by atoms with Crippen molar-refractivity contribution in [3.05, 3.63) is 12.2 Å². The molecule has 6 nitrogen and oxygen atoms in total. The third kappa shape index (κ3) is 7.71. The molecule has 0 bridgehead atoms. The van der Waals surface area contributed by atoms with E-state index in [4.69, 9.17) is 4.12 Å². The third-order valence-electron chi connectivity index (χ3n) is 4.02. The number of unbranched alkanes of at least 4 members (excludes halogenated alkanes) is 2. The summed E-state index contributed by atoms with van der Waals surface area (Å²) in [4.78, 5) is 35.6. The van der Waals surface area contributed by atoms with Crippen molar-refractivity contribution in [2.24, 2.45) is 0 Å². The first kappa shape index (κ1) is 19.8. The Balaban J connectivity index is 2.00. The van der Waals surface area contributed by atoms with E-state index in [-0.39, 0.29) is 17.7 Å². The van der Waals surface area contributed by atoms with Crippen molar-refractivity contribution in [1.82, 2.24) is 10.2 Å². The Labute approximate surface area is 142 Å². The largest absolute Gasteiger partial charge is 0.463 e. The van der Waals surface area contributed by atoms with Crippen molar-refractivity contribution < 1.29 is 18.5 Å². The van der Waals surface area contributed by atoms with Crippen molar-refractivity contribution in [2.75, 3.05) is 13.1 Å². The van der Waals surface area contributed by atoms with Crippen LogP contribution in [0.25, 0.3) is 0 Å². The highest BCUT2D eigenvalue weighted by Crippen LogP contribution is 2.11. The summed E-state index contributed by atoms with van der Waals surface area (Å²) in [6.07, 6.45) is 6.41. The van der Waals surface area contributed by atoms with Gasteiger partial charge in [-0.05, 0) is 38.4 Å². The molecule has 1 N–H and O–H groups in total. The molecular formula is C15H28N2O4Si2. The number of hydrogen-bond donors (Lipinski definition) is 1. The van der Waals surface area contributed by atoms with Crippen molar-refractivity contribution in [3.8, 4) is 0 Å². The normalized spacial score (nSPS) is 14.8. The van der Waals surface area contributed by atoms with Gasteiger partial charge >= 0.3 is 0 Å². The molecule has 1 aliphatic rings. The average molecular weight is 357 g/mol. The minimum Gasteiger partial charge on any atom is -0.463 e. The molecule has 3 amide bonds. The molecule has 0 aliphatic carbocycles. The average Bonchev–Trinajstić information content (AvgIpc) is 2.83. The molecule has 0 atom stereocenters. The molecule has 0 radical (unpaired) electrons. The van der Waals surface area contributed by atoms with Gasteiger partial charge in [-0.15, -0.1) is 0 Å². The van der Waals surface area contributed by atoms with E-state index in [0.717, 1.165) is 42.2 Å². The summed E-state index contributed by atoms with van der Waals surface area (Å²) in [5, 5.41) is 2.94. The SMILES string of the molecule is C[Si](C)(CCCNC(=O)CCCCCN1C(=O)C=CC1=O)O[SiH3]. The Morgan fingerprint density at radius 1 is 1.17 bits per heavy atom. The fraction of sp³-hybridized carbons (Fsp3) is 0.667. The van der Waals surface area contributed by atoms with Gasteiger partial charge in [-0.2, -0.15) is 0 Å². The molecule has 0 aromatic rings. The summed E-state index contributed by atoms with van der Waals surface area (Å²) in [6.45, 7) is 5.55. The lowest BCUT2D eigenvalue weighted by Gasteiger charge is -2.20. The van der Waals surface area contributed by atoms with E-state index in [1.807, 2.05) is 0 Å². The maximum atomic E-state index is 11.7. The predicted octanol–water partition coefficient (Wildman–Crippen LogP) is 0.480. The lowest BCUT2D eigenvalue weighted by Crippen LogP contribution is -2.31. The monoisotopic (exact) mass is 356 g/mol. The Morgan fingerprint density at radius 3 is 2.43 bits per heavy atom. The van der Waals surface area contributed by atoms with Gasteiger partial charge in [0.2, 0.25) is 5.91 Å². The predicted molar refractivity (Wildman–Crippen MR) is 95.3 cm³/mol. The molecule has 0 unspecified atom stereocenters. The Kier molecular flexibility index (Phi) is 8.42. The lowest BCUT2D eigenvalue weighted by molar-refractivity contribution is -0.136. The van der Waals surface area contributed by atoms with Crippen LogP contribution < -0.4 is 5.32 Å². The second kappa shape index (κ2) is 9.79. The topological polar surface area (TPSA) is 75.7 Å². The van der Waals surface area contributed by atoms with E-state index < -0.39 is 8.32 Å². The second-order valence-electron chi connectivity index (χ2n) is 6.39. The number of nitrogens with one attached hydrogen (secondary N) is 1. The summed E-state index contributed by atoms with van der Waals surface area (Å²) in [5.74, 6) is -0.401. The molecule has 0 aromatic carbocycles. The molecule has 0 saturated carbocycles. The van der Waals surface area contributed by atoms with Gasteiger partial charge in [0.25, 0.3) is 11.8 Å². The quantitative estimate of drug-likeness (QED) is 0.332. The van der Waals surface area contributed by atoms with Crippen LogP contribution in [0.2, 0.25) is 19.1 Å². The third-order valence-corrected chi connectivity index (χ3v) is 9.99. The number of carbonyl (C=O) groups excluding carboxylic acids is 3. The molecule has 23 heavy (non-hydrogen) atoms. The molecule has 1 heterocycles. The maximum absolute atomic E-state index is 11.7. The van der Waals surface area contributed by atoms with Gasteiger partial charge in [-0.1, -0.05) is 6.42 Å². The van der Waals surface area contributed by atoms with Crippen LogP contribution in [0.5, 0.6) is 0 Å². The highest BCUT2D eigenvalue weighted by Gasteiger charge is 2.22. The van der Waals surface area contributed by atoms with Gasteiger partial charge in [0, 0.05) is 31.7 Å². The fourth-order valence-corrected chi connectivity index (χ4v) is 4.16. The molecule has 8 heteroatoms. The highest BCUT2D eigenvalue weighted by molar-refractivity contribution is 6.73.